The number of aryl methyl sites for hydroxylation is 1. The van der Waals surface area contributed by atoms with Gasteiger partial charge in [0, 0.05) is 29.9 Å². The summed E-state index contributed by atoms with van der Waals surface area (Å²) in [5.41, 5.74) is 2.16. The van der Waals surface area contributed by atoms with Crippen molar-refractivity contribution in [1.82, 2.24) is 20.6 Å². The van der Waals surface area contributed by atoms with Crippen molar-refractivity contribution in [3.05, 3.63) is 75.9 Å². The third kappa shape index (κ3) is 7.91. The van der Waals surface area contributed by atoms with Crippen molar-refractivity contribution in [2.75, 3.05) is 6.54 Å². The summed E-state index contributed by atoms with van der Waals surface area (Å²) in [6.45, 7) is 6.69. The van der Waals surface area contributed by atoms with E-state index < -0.39 is 0 Å². The highest BCUT2D eigenvalue weighted by Crippen LogP contribution is 2.14. The van der Waals surface area contributed by atoms with Gasteiger partial charge in [-0.2, -0.15) is 0 Å². The van der Waals surface area contributed by atoms with Crippen molar-refractivity contribution in [3.8, 4) is 5.88 Å². The molecule has 30 heavy (non-hydrogen) atoms. The number of aliphatic imine (C=N–C) groups is 1. The lowest BCUT2D eigenvalue weighted by Crippen LogP contribution is -2.36. The monoisotopic (exact) mass is 537 g/mol. The number of ether oxygens (including phenoxy) is 1. The molecule has 0 aliphatic rings. The highest BCUT2D eigenvalue weighted by atomic mass is 127. The van der Waals surface area contributed by atoms with Crippen molar-refractivity contribution in [2.45, 2.75) is 40.0 Å². The summed E-state index contributed by atoms with van der Waals surface area (Å²) in [6, 6.07) is 14.0. The molecule has 160 valence electrons. The number of nitrogens with zero attached hydrogens (tertiary/aromatic N) is 3. The molecule has 0 atom stereocenters. The van der Waals surface area contributed by atoms with Crippen LogP contribution < -0.4 is 15.4 Å². The Labute approximate surface area is 199 Å². The predicted octanol–water partition coefficient (Wildman–Crippen LogP) is 4.55. The van der Waals surface area contributed by atoms with Gasteiger partial charge in [-0.1, -0.05) is 37.3 Å². The first kappa shape index (κ1) is 24.1. The highest BCUT2D eigenvalue weighted by molar-refractivity contribution is 14.0. The number of benzene rings is 1. The molecule has 2 aromatic heterocycles. The number of nitrogens with one attached hydrogen (secondary N) is 2. The smallest absolute Gasteiger partial charge is 0.213 e. The molecule has 3 aromatic rings. The number of guanidine groups is 1. The highest BCUT2D eigenvalue weighted by Gasteiger charge is 2.04. The summed E-state index contributed by atoms with van der Waals surface area (Å²) < 4.78 is 5.81. The van der Waals surface area contributed by atoms with Crippen LogP contribution in [-0.4, -0.2) is 22.5 Å². The number of hydrogen-bond donors (Lipinski definition) is 2. The summed E-state index contributed by atoms with van der Waals surface area (Å²) in [4.78, 5) is 14.7. The number of pyridine rings is 1. The molecule has 0 spiro atoms. The van der Waals surface area contributed by atoms with Gasteiger partial charge in [0.25, 0.3) is 0 Å². The van der Waals surface area contributed by atoms with E-state index in [-0.39, 0.29) is 24.0 Å². The molecule has 0 saturated heterocycles. The second kappa shape index (κ2) is 13.2. The predicted molar refractivity (Wildman–Crippen MR) is 134 cm³/mol. The van der Waals surface area contributed by atoms with E-state index in [0.29, 0.717) is 25.6 Å². The molecule has 0 unspecified atom stereocenters. The van der Waals surface area contributed by atoms with Gasteiger partial charge in [0.1, 0.15) is 11.6 Å². The van der Waals surface area contributed by atoms with Crippen molar-refractivity contribution < 1.29 is 4.74 Å². The molecule has 0 bridgehead atoms. The molecule has 2 heterocycles. The van der Waals surface area contributed by atoms with Crippen LogP contribution >= 0.6 is 35.3 Å². The molecular weight excluding hydrogens is 509 g/mol. The van der Waals surface area contributed by atoms with Crippen LogP contribution in [0, 0.1) is 0 Å². The Bertz CT molecular complexity index is 917. The zero-order valence-electron chi connectivity index (χ0n) is 17.3. The molecule has 0 fully saturated rings. The van der Waals surface area contributed by atoms with Crippen LogP contribution in [0.25, 0.3) is 0 Å². The quantitative estimate of drug-likeness (QED) is 0.238. The van der Waals surface area contributed by atoms with Gasteiger partial charge in [-0.25, -0.2) is 15.0 Å². The molecule has 6 nitrogen and oxygen atoms in total. The van der Waals surface area contributed by atoms with E-state index in [1.165, 1.54) is 4.88 Å². The van der Waals surface area contributed by atoms with Gasteiger partial charge >= 0.3 is 0 Å². The molecule has 3 rings (SSSR count). The van der Waals surface area contributed by atoms with Crippen LogP contribution in [0.5, 0.6) is 5.88 Å². The van der Waals surface area contributed by atoms with Crippen molar-refractivity contribution in [2.24, 2.45) is 4.99 Å². The van der Waals surface area contributed by atoms with E-state index in [0.717, 1.165) is 35.1 Å². The van der Waals surface area contributed by atoms with Gasteiger partial charge in [0.15, 0.2) is 5.96 Å². The molecule has 0 amide bonds. The first-order valence-corrected chi connectivity index (χ1v) is 10.7. The fraction of sp³-hybridized carbons (Fsp3) is 0.318. The van der Waals surface area contributed by atoms with Gasteiger partial charge in [-0.15, -0.1) is 35.3 Å². The lowest BCUT2D eigenvalue weighted by Gasteiger charge is -2.10. The first-order valence-electron chi connectivity index (χ1n) is 9.84. The van der Waals surface area contributed by atoms with Crippen molar-refractivity contribution in [3.63, 3.8) is 0 Å². The fourth-order valence-electron chi connectivity index (χ4n) is 2.62. The van der Waals surface area contributed by atoms with Crippen LogP contribution in [0.15, 0.2) is 59.9 Å². The Kier molecular flexibility index (Phi) is 10.6. The van der Waals surface area contributed by atoms with E-state index in [1.807, 2.05) is 48.7 Å². The lowest BCUT2D eigenvalue weighted by molar-refractivity contribution is 0.293. The van der Waals surface area contributed by atoms with Crippen molar-refractivity contribution in [1.29, 1.82) is 0 Å². The SMILES string of the molecule is CCNC(=NCc1ccnc(OCc2ccccc2)c1)NCc1ncc(CC)s1.I. The minimum Gasteiger partial charge on any atom is -0.473 e. The van der Waals surface area contributed by atoms with E-state index in [1.54, 1.807) is 17.5 Å². The molecular formula is C22H28IN5OS. The van der Waals surface area contributed by atoms with E-state index in [9.17, 15) is 0 Å². The van der Waals surface area contributed by atoms with E-state index in [2.05, 4.69) is 39.4 Å². The van der Waals surface area contributed by atoms with Gasteiger partial charge in [0.05, 0.1) is 13.1 Å². The number of thiazole rings is 1. The Morgan fingerprint density at radius 2 is 1.90 bits per heavy atom. The molecule has 0 aliphatic carbocycles. The Morgan fingerprint density at radius 3 is 2.63 bits per heavy atom. The third-order valence-corrected chi connectivity index (χ3v) is 5.29. The van der Waals surface area contributed by atoms with Crippen LogP contribution in [0.3, 0.4) is 0 Å². The minimum atomic E-state index is 0. The summed E-state index contributed by atoms with van der Waals surface area (Å²) in [7, 11) is 0. The van der Waals surface area contributed by atoms with Crippen molar-refractivity contribution >= 4 is 41.3 Å². The maximum atomic E-state index is 5.81. The summed E-state index contributed by atoms with van der Waals surface area (Å²) in [5, 5.41) is 7.68. The van der Waals surface area contributed by atoms with Crippen LogP contribution in [0.1, 0.15) is 34.9 Å². The molecule has 0 aliphatic heterocycles. The summed E-state index contributed by atoms with van der Waals surface area (Å²) in [5.74, 6) is 1.37. The molecule has 8 heteroatoms. The van der Waals surface area contributed by atoms with E-state index in [4.69, 9.17) is 4.74 Å². The average molecular weight is 537 g/mol. The topological polar surface area (TPSA) is 71.4 Å². The molecule has 0 saturated carbocycles. The number of halogens is 1. The summed E-state index contributed by atoms with van der Waals surface area (Å²) in [6.07, 6.45) is 4.72. The zero-order valence-corrected chi connectivity index (χ0v) is 20.4. The van der Waals surface area contributed by atoms with Crippen LogP contribution in [-0.2, 0) is 26.1 Å². The van der Waals surface area contributed by atoms with Gasteiger partial charge in [-0.3, -0.25) is 0 Å². The minimum absolute atomic E-state index is 0. The van der Waals surface area contributed by atoms with Crippen LogP contribution in [0.4, 0.5) is 0 Å². The van der Waals surface area contributed by atoms with E-state index >= 15 is 0 Å². The first-order chi connectivity index (χ1) is 14.3. The number of rotatable bonds is 9. The Balaban J connectivity index is 0.00000320. The molecule has 0 radical (unpaired) electrons. The van der Waals surface area contributed by atoms with Gasteiger partial charge in [-0.05, 0) is 30.5 Å². The zero-order chi connectivity index (χ0) is 20.3. The number of hydrogen-bond acceptors (Lipinski definition) is 5. The van der Waals surface area contributed by atoms with Gasteiger partial charge in [0.2, 0.25) is 5.88 Å². The molecule has 1 aromatic carbocycles. The lowest BCUT2D eigenvalue weighted by atomic mass is 10.2. The fourth-order valence-corrected chi connectivity index (χ4v) is 3.43. The summed E-state index contributed by atoms with van der Waals surface area (Å²) >= 11 is 1.73. The normalized spacial score (nSPS) is 10.9. The second-order valence-electron chi connectivity index (χ2n) is 6.40. The standard InChI is InChI=1S/C22H27N5OS.HI/c1-3-19-14-25-21(29-19)15-27-22(23-4-2)26-13-18-10-11-24-20(12-18)28-16-17-8-6-5-7-9-17;/h5-12,14H,3-4,13,15-16H2,1-2H3,(H2,23,26,27);1H. The third-order valence-electron chi connectivity index (χ3n) is 4.15. The second-order valence-corrected chi connectivity index (χ2v) is 7.60. The average Bonchev–Trinajstić information content (AvgIpc) is 3.23. The molecule has 2 N–H and O–H groups in total. The van der Waals surface area contributed by atoms with Gasteiger partial charge < -0.3 is 15.4 Å². The largest absolute Gasteiger partial charge is 0.473 e. The Hall–Kier alpha value is -2.20. The number of aromatic nitrogens is 2. The maximum Gasteiger partial charge on any atom is 0.213 e. The van der Waals surface area contributed by atoms with Crippen LogP contribution in [0.2, 0.25) is 0 Å². The Morgan fingerprint density at radius 1 is 1.07 bits per heavy atom. The maximum absolute atomic E-state index is 5.81.